The fourth-order valence-electron chi connectivity index (χ4n) is 4.47. The summed E-state index contributed by atoms with van der Waals surface area (Å²) in [7, 11) is 1.42. The predicted molar refractivity (Wildman–Crippen MR) is 134 cm³/mol. The molecule has 0 spiro atoms. The van der Waals surface area contributed by atoms with Crippen molar-refractivity contribution in [3.63, 3.8) is 0 Å². The second-order valence-corrected chi connectivity index (χ2v) is 11.6. The van der Waals surface area contributed by atoms with Crippen molar-refractivity contribution in [3.05, 3.63) is 64.9 Å². The topological polar surface area (TPSA) is 97.5 Å². The number of methoxy groups -OCH3 is 1. The van der Waals surface area contributed by atoms with Gasteiger partial charge in [0, 0.05) is 0 Å². The Balaban J connectivity index is 1.67. The third-order valence-corrected chi connectivity index (χ3v) is 9.16. The summed E-state index contributed by atoms with van der Waals surface area (Å²) in [5.41, 5.74) is 6.25. The molecule has 3 aromatic rings. The van der Waals surface area contributed by atoms with E-state index in [9.17, 15) is 9.18 Å². The van der Waals surface area contributed by atoms with E-state index in [4.69, 9.17) is 12.5 Å². The van der Waals surface area contributed by atoms with E-state index >= 15 is 0 Å². The SMILES string of the molecule is COc1c(F)cccc1Nc1c2[nH]c3c1C(=O)NCC3[I-]OCC/C(C)=C(/C)CCOc1cnccc1-2. The first kappa shape index (κ1) is 25.5. The summed E-state index contributed by atoms with van der Waals surface area (Å²) >= 11 is -0.723. The number of nitrogens with zero attached hydrogens (tertiary/aromatic N) is 1. The fourth-order valence-corrected chi connectivity index (χ4v) is 6.50. The average Bonchev–Trinajstić information content (AvgIpc) is 3.27. The number of fused-ring (bicyclic) bond motifs is 3. The Morgan fingerprint density at radius 1 is 1.19 bits per heavy atom. The van der Waals surface area contributed by atoms with E-state index in [2.05, 4.69) is 34.4 Å². The third-order valence-electron chi connectivity index (χ3n) is 6.68. The molecule has 0 saturated carbocycles. The Morgan fingerprint density at radius 2 is 2.00 bits per heavy atom. The maximum absolute atomic E-state index is 14.5. The summed E-state index contributed by atoms with van der Waals surface area (Å²) in [5.74, 6) is -0.0414. The molecular weight excluding hydrogens is 590 g/mol. The van der Waals surface area contributed by atoms with E-state index in [1.165, 1.54) is 24.3 Å². The molecule has 0 radical (unpaired) electrons. The molecule has 2 aromatic heterocycles. The van der Waals surface area contributed by atoms with E-state index in [1.807, 2.05) is 6.07 Å². The molecule has 8 nitrogen and oxygen atoms in total. The molecule has 1 unspecified atom stereocenters. The van der Waals surface area contributed by atoms with Gasteiger partial charge in [-0.25, -0.2) is 0 Å². The molecule has 0 saturated heterocycles. The van der Waals surface area contributed by atoms with Gasteiger partial charge in [0.1, 0.15) is 0 Å². The number of aromatic amines is 1. The van der Waals surface area contributed by atoms with Gasteiger partial charge < -0.3 is 0 Å². The van der Waals surface area contributed by atoms with Gasteiger partial charge >= 0.3 is 226 Å². The van der Waals surface area contributed by atoms with Crippen molar-refractivity contribution in [2.45, 2.75) is 30.6 Å². The Labute approximate surface area is 225 Å². The van der Waals surface area contributed by atoms with Gasteiger partial charge in [-0.3, -0.25) is 0 Å². The Kier molecular flexibility index (Phi) is 7.65. The first-order chi connectivity index (χ1) is 18.0. The number of hydrogen-bond donors (Lipinski definition) is 3. The van der Waals surface area contributed by atoms with Crippen molar-refractivity contribution < 1.29 is 43.3 Å². The number of anilines is 2. The number of ether oxygens (including phenoxy) is 2. The summed E-state index contributed by atoms with van der Waals surface area (Å²) in [5, 5.41) is 6.31. The molecule has 0 aliphatic carbocycles. The number of pyridine rings is 1. The minimum absolute atomic E-state index is 0.0249. The minimum atomic E-state index is -0.723. The number of halogens is 2. The quantitative estimate of drug-likeness (QED) is 0.237. The van der Waals surface area contributed by atoms with Crippen LogP contribution >= 0.6 is 0 Å². The van der Waals surface area contributed by atoms with Gasteiger partial charge in [-0.1, -0.05) is 0 Å². The Bertz CT molecular complexity index is 1360. The number of H-pyrrole nitrogens is 1. The monoisotopic (exact) mass is 619 g/mol. The Morgan fingerprint density at radius 3 is 2.81 bits per heavy atom. The number of nitrogens with one attached hydrogen (secondary N) is 3. The number of alkyl halides is 1. The number of amides is 1. The first-order valence-electron chi connectivity index (χ1n) is 12.1. The van der Waals surface area contributed by atoms with Crippen LogP contribution in [0.15, 0.2) is 47.8 Å². The van der Waals surface area contributed by atoms with Crippen LogP contribution in [0, 0.1) is 5.82 Å². The summed E-state index contributed by atoms with van der Waals surface area (Å²) in [6.45, 7) is 5.89. The molecule has 37 heavy (non-hydrogen) atoms. The molecule has 1 amide bonds. The van der Waals surface area contributed by atoms with Gasteiger partial charge in [0.2, 0.25) is 0 Å². The van der Waals surface area contributed by atoms with Gasteiger partial charge in [0.25, 0.3) is 0 Å². The number of rotatable bonds is 3. The van der Waals surface area contributed by atoms with Crippen LogP contribution in [0.25, 0.3) is 11.3 Å². The van der Waals surface area contributed by atoms with Crippen molar-refractivity contribution in [2.75, 3.05) is 32.2 Å². The average molecular weight is 619 g/mol. The summed E-state index contributed by atoms with van der Waals surface area (Å²) in [6.07, 6.45) is 5.01. The van der Waals surface area contributed by atoms with Gasteiger partial charge in [0.05, 0.1) is 0 Å². The number of carbonyl (C=O) groups is 1. The van der Waals surface area contributed by atoms with Gasteiger partial charge in [0.15, 0.2) is 0 Å². The molecule has 10 heteroatoms. The van der Waals surface area contributed by atoms with Gasteiger partial charge in [-0.15, -0.1) is 0 Å². The fraction of sp³-hybridized carbons (Fsp3) is 0.333. The third kappa shape index (κ3) is 5.17. The molecule has 3 N–H and O–H groups in total. The van der Waals surface area contributed by atoms with Crippen molar-refractivity contribution in [1.82, 2.24) is 15.3 Å². The summed E-state index contributed by atoms with van der Waals surface area (Å²) in [4.78, 5) is 21.0. The zero-order valence-electron chi connectivity index (χ0n) is 20.9. The van der Waals surface area contributed by atoms with Crippen LogP contribution in [0.5, 0.6) is 11.5 Å². The van der Waals surface area contributed by atoms with Crippen LogP contribution in [-0.4, -0.2) is 42.7 Å². The van der Waals surface area contributed by atoms with Crippen molar-refractivity contribution >= 4 is 17.3 Å². The van der Waals surface area contributed by atoms with E-state index in [0.717, 1.165) is 24.1 Å². The normalized spacial score (nSPS) is 20.3. The molecule has 4 heterocycles. The summed E-state index contributed by atoms with van der Waals surface area (Å²) in [6, 6.07) is 6.50. The second-order valence-electron chi connectivity index (χ2n) is 8.97. The van der Waals surface area contributed by atoms with E-state index in [-0.39, 0.29) is 15.6 Å². The second kappa shape index (κ2) is 11.1. The van der Waals surface area contributed by atoms with Crippen LogP contribution in [-0.2, 0) is 3.07 Å². The van der Waals surface area contributed by atoms with Crippen LogP contribution in [0.2, 0.25) is 0 Å². The van der Waals surface area contributed by atoms with Crippen LogP contribution in [0.1, 0.15) is 46.7 Å². The van der Waals surface area contributed by atoms with Crippen molar-refractivity contribution in [1.29, 1.82) is 0 Å². The molecule has 2 bridgehead atoms. The van der Waals surface area contributed by atoms with E-state index in [0.29, 0.717) is 48.1 Å². The molecule has 1 atom stereocenters. The molecule has 2 aliphatic heterocycles. The van der Waals surface area contributed by atoms with Crippen LogP contribution < -0.4 is 41.7 Å². The first-order valence-corrected chi connectivity index (χ1v) is 14.2. The molecular formula is C27H29FIN4O4-. The Hall–Kier alpha value is -3.12. The van der Waals surface area contributed by atoms with E-state index < -0.39 is 27.4 Å². The standard InChI is InChI=1S/C27H29FIN4O4/c1-15-8-11-36-21-14-30-10-7-17(21)23-25(32-20-6-4-5-18(28)26(20)35-3)22-24(33-23)19(13-31-27(22)34)29-37-12-9-16(15)2/h4-7,10,14,19,32-33H,8-9,11-13H2,1-3H3,(H,31,34)/q-1/b16-15-. The van der Waals surface area contributed by atoms with Crippen molar-refractivity contribution in [3.8, 4) is 22.8 Å². The molecule has 5 rings (SSSR count). The molecule has 2 aliphatic rings. The zero-order valence-corrected chi connectivity index (χ0v) is 23.1. The number of hydrogen-bond acceptors (Lipinski definition) is 6. The van der Waals surface area contributed by atoms with Gasteiger partial charge in [-0.2, -0.15) is 0 Å². The number of benzene rings is 1. The van der Waals surface area contributed by atoms with Gasteiger partial charge in [-0.05, 0) is 0 Å². The molecule has 1 aromatic carbocycles. The zero-order chi connectivity index (χ0) is 25.9. The van der Waals surface area contributed by atoms with Crippen molar-refractivity contribution in [2.24, 2.45) is 0 Å². The number of aromatic nitrogens is 2. The maximum atomic E-state index is 14.5. The summed E-state index contributed by atoms with van der Waals surface area (Å²) < 4.78 is 32.3. The van der Waals surface area contributed by atoms with Crippen LogP contribution in [0.4, 0.5) is 15.8 Å². The predicted octanol–water partition coefficient (Wildman–Crippen LogP) is 2.28. The molecule has 196 valence electrons. The van der Waals surface area contributed by atoms with E-state index in [1.54, 1.807) is 24.5 Å². The van der Waals surface area contributed by atoms with Crippen LogP contribution in [0.3, 0.4) is 0 Å². The molecule has 0 fully saturated rings. The number of para-hydroxylation sites is 1. The number of carbonyl (C=O) groups excluding carboxylic acids is 1.